The molecule has 3 atom stereocenters. The van der Waals surface area contributed by atoms with Crippen molar-refractivity contribution in [1.82, 2.24) is 15.5 Å². The van der Waals surface area contributed by atoms with Crippen LogP contribution in [0.2, 0.25) is 0 Å². The van der Waals surface area contributed by atoms with Crippen LogP contribution in [0.3, 0.4) is 0 Å². The molecule has 2 aliphatic heterocycles. The number of dihydropyridines is 1. The van der Waals surface area contributed by atoms with E-state index in [-0.39, 0.29) is 23.4 Å². The Kier molecular flexibility index (Phi) is 9.03. The average molecular weight is 510 g/mol. The van der Waals surface area contributed by atoms with Crippen molar-refractivity contribution >= 4 is 11.6 Å². The van der Waals surface area contributed by atoms with Crippen molar-refractivity contribution in [3.05, 3.63) is 70.6 Å². The van der Waals surface area contributed by atoms with Gasteiger partial charge in [-0.1, -0.05) is 55.8 Å². The minimum absolute atomic E-state index is 0.0741. The monoisotopic (exact) mass is 509 g/mol. The lowest BCUT2D eigenvalue weighted by Gasteiger charge is -2.44. The summed E-state index contributed by atoms with van der Waals surface area (Å²) < 4.78 is 38.9. The minimum Gasteiger partial charge on any atom is -0.391 e. The second kappa shape index (κ2) is 11.4. The highest BCUT2D eigenvalue weighted by Crippen LogP contribution is 2.56. The van der Waals surface area contributed by atoms with Crippen LogP contribution in [0, 0.1) is 11.3 Å². The zero-order valence-electron chi connectivity index (χ0n) is 21.3. The summed E-state index contributed by atoms with van der Waals surface area (Å²) in [5, 5.41) is 7.03. The maximum absolute atomic E-state index is 13.0. The number of allylic oxidation sites excluding steroid dienone is 8. The molecule has 1 saturated carbocycles. The van der Waals surface area contributed by atoms with Crippen LogP contribution in [-0.4, -0.2) is 43.3 Å². The standard InChI is InChI=1S/C28H39ClF3N3/c1-6-8-9-24-19(3)23(26(33-5)16-22(29)7-2)17-27(24)12-14-35(15-13-27)20(4)25-11-10-21(18-34-25)28(30,31)32/h7,9-11,16,18,20,23,25,33-34H,3,6,8,12-15,17H2,1-2,4-5H3/b22-7+,24-9+,26-16-. The lowest BCUT2D eigenvalue weighted by atomic mass is 9.72. The molecule has 0 aromatic rings. The molecular formula is C28H39ClF3N3. The van der Waals surface area contributed by atoms with E-state index in [1.54, 1.807) is 6.08 Å². The van der Waals surface area contributed by atoms with Crippen LogP contribution in [0.4, 0.5) is 13.2 Å². The van der Waals surface area contributed by atoms with Crippen LogP contribution in [0.1, 0.15) is 52.9 Å². The molecule has 0 aromatic heterocycles. The fourth-order valence-corrected chi connectivity index (χ4v) is 5.82. The van der Waals surface area contributed by atoms with Crippen molar-refractivity contribution in [3.63, 3.8) is 0 Å². The Morgan fingerprint density at radius 3 is 2.57 bits per heavy atom. The van der Waals surface area contributed by atoms with Crippen LogP contribution in [-0.2, 0) is 0 Å². The Hall–Kier alpha value is -1.92. The number of rotatable bonds is 7. The predicted molar refractivity (Wildman–Crippen MR) is 140 cm³/mol. The average Bonchev–Trinajstić information content (AvgIpc) is 3.11. The van der Waals surface area contributed by atoms with E-state index < -0.39 is 11.7 Å². The number of nitrogens with zero attached hydrogens (tertiary/aromatic N) is 1. The number of unbranched alkanes of at least 4 members (excludes halogenated alkanes) is 1. The van der Waals surface area contributed by atoms with Gasteiger partial charge < -0.3 is 10.6 Å². The topological polar surface area (TPSA) is 27.3 Å². The highest BCUT2D eigenvalue weighted by molar-refractivity contribution is 6.31. The molecule has 0 amide bonds. The molecule has 3 unspecified atom stereocenters. The van der Waals surface area contributed by atoms with E-state index in [1.807, 2.05) is 26.1 Å². The molecule has 1 saturated heterocycles. The van der Waals surface area contributed by atoms with Crippen LogP contribution < -0.4 is 10.6 Å². The van der Waals surface area contributed by atoms with Crippen LogP contribution in [0.15, 0.2) is 70.6 Å². The van der Waals surface area contributed by atoms with Gasteiger partial charge in [0, 0.05) is 35.9 Å². The number of nitrogens with one attached hydrogen (secondary N) is 2. The first-order valence-corrected chi connectivity index (χ1v) is 13.0. The van der Waals surface area contributed by atoms with Gasteiger partial charge in [-0.15, -0.1) is 0 Å². The molecule has 194 valence electrons. The molecular weight excluding hydrogens is 471 g/mol. The van der Waals surface area contributed by atoms with Gasteiger partial charge in [0.15, 0.2) is 0 Å². The molecule has 1 spiro atoms. The summed E-state index contributed by atoms with van der Waals surface area (Å²) in [5.74, 6) is 0.203. The third-order valence-electron chi connectivity index (χ3n) is 7.90. The third kappa shape index (κ3) is 6.08. The summed E-state index contributed by atoms with van der Waals surface area (Å²) in [6.45, 7) is 12.6. The van der Waals surface area contributed by atoms with Crippen molar-refractivity contribution in [2.45, 2.75) is 71.1 Å². The molecule has 35 heavy (non-hydrogen) atoms. The van der Waals surface area contributed by atoms with Crippen molar-refractivity contribution < 1.29 is 13.2 Å². The molecule has 2 fully saturated rings. The molecule has 0 aromatic carbocycles. The van der Waals surface area contributed by atoms with Gasteiger partial charge in [-0.3, -0.25) is 4.90 Å². The van der Waals surface area contributed by atoms with Gasteiger partial charge in [-0.05, 0) is 75.3 Å². The number of piperidine rings is 1. The Morgan fingerprint density at radius 1 is 1.37 bits per heavy atom. The number of hydrogen-bond acceptors (Lipinski definition) is 3. The minimum atomic E-state index is -4.32. The number of halogens is 4. The van der Waals surface area contributed by atoms with Crippen LogP contribution >= 0.6 is 11.6 Å². The Balaban J connectivity index is 1.75. The lowest BCUT2D eigenvalue weighted by Crippen LogP contribution is -2.51. The summed E-state index contributed by atoms with van der Waals surface area (Å²) in [6.07, 6.45) is 11.1. The molecule has 0 radical (unpaired) electrons. The van der Waals surface area contributed by atoms with Gasteiger partial charge >= 0.3 is 6.18 Å². The Labute approximate surface area is 213 Å². The summed E-state index contributed by atoms with van der Waals surface area (Å²) >= 11 is 6.34. The first kappa shape index (κ1) is 27.7. The smallest absolute Gasteiger partial charge is 0.391 e. The Bertz CT molecular complexity index is 934. The third-order valence-corrected chi connectivity index (χ3v) is 8.22. The predicted octanol–water partition coefficient (Wildman–Crippen LogP) is 6.98. The van der Waals surface area contributed by atoms with Gasteiger partial charge in [0.1, 0.15) is 0 Å². The molecule has 1 aliphatic carbocycles. The normalized spacial score (nSPS) is 27.8. The summed E-state index contributed by atoms with van der Waals surface area (Å²) in [5.41, 5.74) is 3.11. The van der Waals surface area contributed by atoms with E-state index in [2.05, 4.69) is 42.0 Å². The van der Waals surface area contributed by atoms with Gasteiger partial charge in [0.2, 0.25) is 0 Å². The summed E-state index contributed by atoms with van der Waals surface area (Å²) in [7, 11) is 1.94. The Morgan fingerprint density at radius 2 is 2.06 bits per heavy atom. The number of likely N-dealkylation sites (tertiary alicyclic amines) is 1. The molecule has 7 heteroatoms. The quantitative estimate of drug-likeness (QED) is 0.362. The van der Waals surface area contributed by atoms with Crippen LogP contribution in [0.25, 0.3) is 0 Å². The van der Waals surface area contributed by atoms with Crippen molar-refractivity contribution in [1.29, 1.82) is 0 Å². The highest BCUT2D eigenvalue weighted by atomic mass is 35.5. The van der Waals surface area contributed by atoms with E-state index in [0.717, 1.165) is 57.1 Å². The maximum atomic E-state index is 13.0. The summed E-state index contributed by atoms with van der Waals surface area (Å²) in [4.78, 5) is 2.40. The number of alkyl halides is 3. The van der Waals surface area contributed by atoms with Gasteiger partial charge in [0.05, 0.1) is 11.6 Å². The van der Waals surface area contributed by atoms with E-state index in [1.165, 1.54) is 17.2 Å². The second-order valence-corrected chi connectivity index (χ2v) is 10.4. The lowest BCUT2D eigenvalue weighted by molar-refractivity contribution is -0.0889. The van der Waals surface area contributed by atoms with E-state index in [0.29, 0.717) is 5.03 Å². The van der Waals surface area contributed by atoms with Crippen molar-refractivity contribution in [2.75, 3.05) is 20.1 Å². The first-order valence-electron chi connectivity index (χ1n) is 12.6. The zero-order valence-corrected chi connectivity index (χ0v) is 22.1. The van der Waals surface area contributed by atoms with Gasteiger partial charge in [-0.25, -0.2) is 0 Å². The summed E-state index contributed by atoms with van der Waals surface area (Å²) in [6, 6.07) is -0.0438. The van der Waals surface area contributed by atoms with Crippen molar-refractivity contribution in [3.8, 4) is 0 Å². The fraction of sp³-hybridized carbons (Fsp3) is 0.571. The number of hydrogen-bond donors (Lipinski definition) is 2. The SMILES string of the molecule is C=C1/C(=C\CCC)C2(CCN(C(C)C3C=CC(C(F)(F)F)=CN3)CC2)CC1/C(=C/C(Cl)=C\C)NC. The van der Waals surface area contributed by atoms with Gasteiger partial charge in [-0.2, -0.15) is 13.2 Å². The zero-order chi connectivity index (χ0) is 25.8. The van der Waals surface area contributed by atoms with E-state index in [4.69, 9.17) is 11.6 Å². The molecule has 3 rings (SSSR count). The molecule has 2 heterocycles. The maximum Gasteiger partial charge on any atom is 0.417 e. The highest BCUT2D eigenvalue weighted by Gasteiger charge is 2.48. The molecule has 2 N–H and O–H groups in total. The van der Waals surface area contributed by atoms with Gasteiger partial charge in [0.25, 0.3) is 0 Å². The second-order valence-electron chi connectivity index (χ2n) is 9.92. The largest absolute Gasteiger partial charge is 0.417 e. The van der Waals surface area contributed by atoms with E-state index >= 15 is 0 Å². The molecule has 3 aliphatic rings. The first-order chi connectivity index (χ1) is 16.6. The van der Waals surface area contributed by atoms with Crippen molar-refractivity contribution in [2.24, 2.45) is 11.3 Å². The molecule has 0 bridgehead atoms. The van der Waals surface area contributed by atoms with Crippen LogP contribution in [0.5, 0.6) is 0 Å². The molecule has 3 nitrogen and oxygen atoms in total. The fourth-order valence-electron chi connectivity index (χ4n) is 5.70. The van der Waals surface area contributed by atoms with E-state index in [9.17, 15) is 13.2 Å².